The van der Waals surface area contributed by atoms with Crippen LogP contribution in [0.15, 0.2) is 72.0 Å². The number of anilines is 2. The molecule has 1 aliphatic rings. The fourth-order valence-corrected chi connectivity index (χ4v) is 5.47. The van der Waals surface area contributed by atoms with Gasteiger partial charge in [0.15, 0.2) is 5.13 Å². The monoisotopic (exact) mass is 539 g/mol. The number of benzene rings is 1. The van der Waals surface area contributed by atoms with E-state index in [1.807, 2.05) is 47.1 Å². The molecule has 1 unspecified atom stereocenters. The summed E-state index contributed by atoms with van der Waals surface area (Å²) in [6, 6.07) is 10.2. The maximum absolute atomic E-state index is 13.8. The highest BCUT2D eigenvalue weighted by atomic mass is 32.1. The van der Waals surface area contributed by atoms with Crippen LogP contribution in [0.4, 0.5) is 11.6 Å². The lowest BCUT2D eigenvalue weighted by Crippen LogP contribution is -2.28. The Balaban J connectivity index is 1.39. The molecule has 6 rings (SSSR count). The number of fused-ring (bicyclic) bond motifs is 1. The maximum atomic E-state index is 13.8. The Kier molecular flexibility index (Phi) is 6.67. The van der Waals surface area contributed by atoms with Crippen LogP contribution in [-0.2, 0) is 6.54 Å². The Bertz CT molecular complexity index is 1680. The molecule has 1 fully saturated rings. The van der Waals surface area contributed by atoms with Crippen molar-refractivity contribution in [3.63, 3.8) is 0 Å². The second-order valence-electron chi connectivity index (χ2n) is 9.77. The molecule has 5 heterocycles. The van der Waals surface area contributed by atoms with Gasteiger partial charge >= 0.3 is 0 Å². The van der Waals surface area contributed by atoms with Gasteiger partial charge < -0.3 is 15.5 Å². The van der Waals surface area contributed by atoms with E-state index >= 15 is 0 Å². The van der Waals surface area contributed by atoms with Crippen molar-refractivity contribution in [2.45, 2.75) is 18.9 Å². The van der Waals surface area contributed by atoms with E-state index in [0.717, 1.165) is 41.4 Å². The van der Waals surface area contributed by atoms with Gasteiger partial charge in [-0.2, -0.15) is 4.98 Å². The van der Waals surface area contributed by atoms with Gasteiger partial charge in [-0.15, -0.1) is 11.3 Å². The molecular weight excluding hydrogens is 510 g/mol. The summed E-state index contributed by atoms with van der Waals surface area (Å²) in [6.07, 6.45) is 8.09. The summed E-state index contributed by atoms with van der Waals surface area (Å²) >= 11 is 1.50. The van der Waals surface area contributed by atoms with Crippen molar-refractivity contribution in [1.82, 2.24) is 39.3 Å². The van der Waals surface area contributed by atoms with E-state index in [-0.39, 0.29) is 12.1 Å². The summed E-state index contributed by atoms with van der Waals surface area (Å²) in [5.74, 6) is 0.966. The van der Waals surface area contributed by atoms with Crippen LogP contribution in [0.2, 0.25) is 0 Å². The van der Waals surface area contributed by atoms with Crippen LogP contribution >= 0.6 is 11.3 Å². The molecule has 0 bridgehead atoms. The Hall–Kier alpha value is -4.35. The van der Waals surface area contributed by atoms with Gasteiger partial charge in [0.05, 0.1) is 24.0 Å². The second-order valence-corrected chi connectivity index (χ2v) is 10.6. The molecular formula is C28H29N9OS. The van der Waals surface area contributed by atoms with Crippen LogP contribution < -0.4 is 16.2 Å². The number of aromatic nitrogens is 6. The number of rotatable bonds is 8. The van der Waals surface area contributed by atoms with Crippen molar-refractivity contribution in [2.24, 2.45) is 0 Å². The zero-order chi connectivity index (χ0) is 26.9. The fourth-order valence-electron chi connectivity index (χ4n) is 4.83. The van der Waals surface area contributed by atoms with Gasteiger partial charge in [0.25, 0.3) is 5.56 Å². The molecule has 0 radical (unpaired) electrons. The minimum absolute atomic E-state index is 0.188. The van der Waals surface area contributed by atoms with E-state index in [1.165, 1.54) is 16.9 Å². The van der Waals surface area contributed by atoms with E-state index in [2.05, 4.69) is 44.3 Å². The lowest BCUT2D eigenvalue weighted by molar-refractivity contribution is 0.590. The number of imidazole rings is 1. The Morgan fingerprint density at radius 3 is 2.79 bits per heavy atom. The van der Waals surface area contributed by atoms with Crippen LogP contribution in [-0.4, -0.2) is 61.2 Å². The first-order valence-corrected chi connectivity index (χ1v) is 13.6. The molecule has 1 aromatic carbocycles. The summed E-state index contributed by atoms with van der Waals surface area (Å²) in [7, 11) is 3.73. The lowest BCUT2D eigenvalue weighted by atomic mass is 9.98. The lowest BCUT2D eigenvalue weighted by Gasteiger charge is -2.18. The fraction of sp³-hybridized carbons (Fsp3) is 0.250. The first-order chi connectivity index (χ1) is 19.0. The van der Waals surface area contributed by atoms with Gasteiger partial charge in [-0.1, -0.05) is 18.7 Å². The number of nitrogens with one attached hydrogen (secondary N) is 2. The van der Waals surface area contributed by atoms with Gasteiger partial charge in [0.2, 0.25) is 5.95 Å². The predicted octanol–water partition coefficient (Wildman–Crippen LogP) is 3.83. The van der Waals surface area contributed by atoms with Crippen LogP contribution in [0.5, 0.6) is 0 Å². The van der Waals surface area contributed by atoms with Gasteiger partial charge in [-0.05, 0) is 42.6 Å². The van der Waals surface area contributed by atoms with Crippen molar-refractivity contribution in [3.05, 3.63) is 94.4 Å². The zero-order valence-electron chi connectivity index (χ0n) is 21.8. The first kappa shape index (κ1) is 25.0. The largest absolute Gasteiger partial charge is 0.377 e. The molecule has 198 valence electrons. The topological polar surface area (TPSA) is 106 Å². The number of hydrogen-bond donors (Lipinski definition) is 2. The van der Waals surface area contributed by atoms with Gasteiger partial charge in [0.1, 0.15) is 12.0 Å². The van der Waals surface area contributed by atoms with Crippen LogP contribution in [0, 0.1) is 0 Å². The summed E-state index contributed by atoms with van der Waals surface area (Å²) in [5.41, 5.74) is 4.46. The van der Waals surface area contributed by atoms with Gasteiger partial charge in [0, 0.05) is 55.2 Å². The highest BCUT2D eigenvalue weighted by Gasteiger charge is 2.18. The predicted molar refractivity (Wildman–Crippen MR) is 155 cm³/mol. The third-order valence-electron chi connectivity index (χ3n) is 7.04. The van der Waals surface area contributed by atoms with E-state index in [0.29, 0.717) is 28.8 Å². The minimum atomic E-state index is -0.188. The quantitative estimate of drug-likeness (QED) is 0.307. The van der Waals surface area contributed by atoms with Crippen molar-refractivity contribution >= 4 is 39.7 Å². The maximum Gasteiger partial charge on any atom is 0.261 e. The third-order valence-corrected chi connectivity index (χ3v) is 7.81. The first-order valence-electron chi connectivity index (χ1n) is 12.7. The molecule has 0 aliphatic carbocycles. The van der Waals surface area contributed by atoms with Crippen LogP contribution in [0.25, 0.3) is 21.9 Å². The smallest absolute Gasteiger partial charge is 0.261 e. The summed E-state index contributed by atoms with van der Waals surface area (Å²) < 4.78 is 3.54. The molecule has 11 heteroatoms. The van der Waals surface area contributed by atoms with Gasteiger partial charge in [-0.25, -0.2) is 15.0 Å². The summed E-state index contributed by atoms with van der Waals surface area (Å²) in [6.45, 7) is 6.46. The number of pyridine rings is 1. The number of nitrogens with zero attached hydrogens (tertiary/aromatic N) is 7. The third kappa shape index (κ3) is 4.93. The second kappa shape index (κ2) is 10.4. The molecule has 4 aromatic heterocycles. The van der Waals surface area contributed by atoms with Crippen molar-refractivity contribution < 1.29 is 0 Å². The molecule has 10 nitrogen and oxygen atoms in total. The van der Waals surface area contributed by atoms with E-state index in [9.17, 15) is 4.79 Å². The standard InChI is InChI=1S/C28H29N9OS/c1-18(35(2)3)24-12-21-14-32-27(33-22-6-4-19(5-7-22)20-8-9-29-13-20)34-25(21)36(26(24)38)16-23-15-30-17-37(23)28-31-10-11-39-28/h4-7,10-12,14-15,17,20,29H,1,8-9,13,16H2,2-3H3,(H,32,33,34). The zero-order valence-corrected chi connectivity index (χ0v) is 22.6. The Morgan fingerprint density at radius 1 is 1.23 bits per heavy atom. The van der Waals surface area contributed by atoms with Crippen molar-refractivity contribution in [1.29, 1.82) is 0 Å². The average molecular weight is 540 g/mol. The summed E-state index contributed by atoms with van der Waals surface area (Å²) in [5, 5.41) is 10.1. The molecule has 0 amide bonds. The highest BCUT2D eigenvalue weighted by molar-refractivity contribution is 7.12. The molecule has 0 spiro atoms. The van der Waals surface area contributed by atoms with Crippen molar-refractivity contribution in [3.8, 4) is 5.13 Å². The highest BCUT2D eigenvalue weighted by Crippen LogP contribution is 2.25. The number of hydrogen-bond acceptors (Lipinski definition) is 9. The average Bonchev–Trinajstić information content (AvgIpc) is 3.73. The van der Waals surface area contributed by atoms with Crippen molar-refractivity contribution in [2.75, 3.05) is 32.5 Å². The van der Waals surface area contributed by atoms with E-state index in [4.69, 9.17) is 4.98 Å². The molecule has 1 atom stereocenters. The molecule has 0 saturated carbocycles. The molecule has 1 aliphatic heterocycles. The van der Waals surface area contributed by atoms with Crippen LogP contribution in [0.1, 0.15) is 29.2 Å². The van der Waals surface area contributed by atoms with Gasteiger partial charge in [-0.3, -0.25) is 13.9 Å². The molecule has 1 saturated heterocycles. The summed E-state index contributed by atoms with van der Waals surface area (Å²) in [4.78, 5) is 33.7. The number of thiazole rings is 1. The Labute approximate surface area is 229 Å². The molecule has 2 N–H and O–H groups in total. The minimum Gasteiger partial charge on any atom is -0.377 e. The Morgan fingerprint density at radius 2 is 2.08 bits per heavy atom. The SMILES string of the molecule is C=C(c1cc2cnc(Nc3ccc(C4CCNC4)cc3)nc2n(Cc2cncn2-c2nccs2)c1=O)N(C)C. The van der Waals surface area contributed by atoms with Crippen LogP contribution in [0.3, 0.4) is 0 Å². The van der Waals surface area contributed by atoms with E-state index < -0.39 is 0 Å². The molecule has 5 aromatic rings. The normalized spacial score (nSPS) is 15.1. The van der Waals surface area contributed by atoms with E-state index in [1.54, 1.807) is 29.5 Å². The molecule has 39 heavy (non-hydrogen) atoms.